The van der Waals surface area contributed by atoms with E-state index < -0.39 is 6.61 Å². The fourth-order valence-electron chi connectivity index (χ4n) is 3.17. The van der Waals surface area contributed by atoms with E-state index in [1.165, 1.54) is 16.8 Å². The third-order valence-electron chi connectivity index (χ3n) is 4.89. The van der Waals surface area contributed by atoms with Crippen molar-refractivity contribution in [2.45, 2.75) is 30.0 Å². The predicted octanol–water partition coefficient (Wildman–Crippen LogP) is 6.73. The second-order valence-electron chi connectivity index (χ2n) is 7.19. The van der Waals surface area contributed by atoms with Crippen LogP contribution in [-0.2, 0) is 5.75 Å². The van der Waals surface area contributed by atoms with Gasteiger partial charge in [0.2, 0.25) is 0 Å². The molecular weight excluding hydrogens is 476 g/mol. The van der Waals surface area contributed by atoms with Gasteiger partial charge in [-0.2, -0.15) is 13.9 Å². The van der Waals surface area contributed by atoms with E-state index in [1.54, 1.807) is 47.4 Å². The van der Waals surface area contributed by atoms with Crippen LogP contribution in [0.5, 0.6) is 5.75 Å². The molecule has 4 rings (SSSR count). The number of nitrogens with zero attached hydrogens (tertiary/aromatic N) is 2. The number of amides is 1. The summed E-state index contributed by atoms with van der Waals surface area (Å²) in [6.45, 7) is -0.978. The van der Waals surface area contributed by atoms with E-state index >= 15 is 0 Å². The first-order chi connectivity index (χ1) is 16.5. The standard InChI is InChI=1S/C25H21F2N3O2S2/c1-2-20(17-11-13-19(14-12-17)32-24(26)27)29-30-23(31)18-9-7-16(8-10-18)15-33-25-28-21-5-3-4-6-22(21)34-25/h3-14,24H,2,15H2,1H3,(H,30,31). The normalized spacial score (nSPS) is 11.7. The first-order valence-corrected chi connectivity index (χ1v) is 12.3. The molecule has 0 bridgehead atoms. The molecule has 0 saturated carbocycles. The van der Waals surface area contributed by atoms with Gasteiger partial charge in [0.25, 0.3) is 5.91 Å². The molecule has 9 heteroatoms. The zero-order valence-electron chi connectivity index (χ0n) is 18.2. The van der Waals surface area contributed by atoms with Gasteiger partial charge in [0, 0.05) is 11.3 Å². The second-order valence-corrected chi connectivity index (χ2v) is 9.44. The number of carbonyl (C=O) groups excluding carboxylic acids is 1. The Morgan fingerprint density at radius 2 is 1.76 bits per heavy atom. The highest BCUT2D eigenvalue weighted by atomic mass is 32.2. The largest absolute Gasteiger partial charge is 0.435 e. The molecule has 0 aliphatic heterocycles. The molecule has 0 aliphatic rings. The Kier molecular flexibility index (Phi) is 7.87. The van der Waals surface area contributed by atoms with Crippen molar-refractivity contribution in [3.8, 4) is 5.75 Å². The molecule has 1 aromatic heterocycles. The molecule has 34 heavy (non-hydrogen) atoms. The number of ether oxygens (including phenoxy) is 1. The van der Waals surface area contributed by atoms with Crippen molar-refractivity contribution in [2.24, 2.45) is 5.10 Å². The maximum atomic E-state index is 12.5. The smallest absolute Gasteiger partial charge is 0.387 e. The maximum Gasteiger partial charge on any atom is 0.387 e. The molecule has 1 amide bonds. The van der Waals surface area contributed by atoms with Crippen molar-refractivity contribution in [1.29, 1.82) is 0 Å². The number of thioether (sulfide) groups is 1. The SMILES string of the molecule is CCC(=NNC(=O)c1ccc(CSc2nc3ccccc3s2)cc1)c1ccc(OC(F)F)cc1. The van der Waals surface area contributed by atoms with E-state index in [-0.39, 0.29) is 11.7 Å². The fourth-order valence-corrected chi connectivity index (χ4v) is 5.19. The van der Waals surface area contributed by atoms with Gasteiger partial charge >= 0.3 is 6.61 Å². The molecule has 1 N–H and O–H groups in total. The van der Waals surface area contributed by atoms with E-state index in [2.05, 4.69) is 26.3 Å². The van der Waals surface area contributed by atoms with Crippen LogP contribution in [0.3, 0.4) is 0 Å². The van der Waals surface area contributed by atoms with Crippen molar-refractivity contribution in [3.05, 3.63) is 89.5 Å². The summed E-state index contributed by atoms with van der Waals surface area (Å²) in [5, 5.41) is 4.22. The number of alkyl halides is 2. The molecular formula is C25H21F2N3O2S2. The summed E-state index contributed by atoms with van der Waals surface area (Å²) < 4.78 is 31.1. The Morgan fingerprint density at radius 1 is 1.06 bits per heavy atom. The Bertz CT molecular complexity index is 1260. The van der Waals surface area contributed by atoms with E-state index in [0.29, 0.717) is 23.3 Å². The van der Waals surface area contributed by atoms with Gasteiger partial charge < -0.3 is 4.74 Å². The summed E-state index contributed by atoms with van der Waals surface area (Å²) in [7, 11) is 0. The molecule has 0 fully saturated rings. The molecule has 0 saturated heterocycles. The topological polar surface area (TPSA) is 63.6 Å². The van der Waals surface area contributed by atoms with Crippen LogP contribution in [0.2, 0.25) is 0 Å². The quantitative estimate of drug-likeness (QED) is 0.158. The Hall–Kier alpha value is -3.30. The highest BCUT2D eigenvalue weighted by molar-refractivity contribution is 8.00. The van der Waals surface area contributed by atoms with Gasteiger partial charge in [-0.15, -0.1) is 11.3 Å². The minimum absolute atomic E-state index is 0.0691. The van der Waals surface area contributed by atoms with Crippen LogP contribution in [0.1, 0.15) is 34.8 Å². The van der Waals surface area contributed by atoms with E-state index in [1.807, 2.05) is 37.3 Å². The minimum Gasteiger partial charge on any atom is -0.435 e. The first kappa shape index (κ1) is 23.8. The lowest BCUT2D eigenvalue weighted by atomic mass is 10.1. The Labute approximate surface area is 203 Å². The number of rotatable bonds is 9. The van der Waals surface area contributed by atoms with Crippen molar-refractivity contribution in [3.63, 3.8) is 0 Å². The van der Waals surface area contributed by atoms with E-state index in [9.17, 15) is 13.6 Å². The van der Waals surface area contributed by atoms with Gasteiger partial charge in [0.05, 0.1) is 15.9 Å². The number of fused-ring (bicyclic) bond motifs is 1. The van der Waals surface area contributed by atoms with Crippen LogP contribution in [-0.4, -0.2) is 23.2 Å². The molecule has 174 valence electrons. The highest BCUT2D eigenvalue weighted by Crippen LogP contribution is 2.31. The van der Waals surface area contributed by atoms with Crippen LogP contribution in [0.15, 0.2) is 82.2 Å². The molecule has 1 heterocycles. The number of hydrazone groups is 1. The molecule has 0 atom stereocenters. The summed E-state index contributed by atoms with van der Waals surface area (Å²) in [6, 6.07) is 21.6. The minimum atomic E-state index is -2.87. The van der Waals surface area contributed by atoms with Crippen molar-refractivity contribution in [2.75, 3.05) is 0 Å². The van der Waals surface area contributed by atoms with Gasteiger partial charge in [-0.1, -0.05) is 43.0 Å². The zero-order valence-corrected chi connectivity index (χ0v) is 19.8. The molecule has 5 nitrogen and oxygen atoms in total. The number of thiazole rings is 1. The van der Waals surface area contributed by atoms with Crippen LogP contribution >= 0.6 is 23.1 Å². The molecule has 0 spiro atoms. The molecule has 0 radical (unpaired) electrons. The molecule has 4 aromatic rings. The third-order valence-corrected chi connectivity index (χ3v) is 7.14. The summed E-state index contributed by atoms with van der Waals surface area (Å²) >= 11 is 3.34. The monoisotopic (exact) mass is 497 g/mol. The average molecular weight is 498 g/mol. The second kappa shape index (κ2) is 11.2. The van der Waals surface area contributed by atoms with Gasteiger partial charge in [-0.05, 0) is 66.1 Å². The first-order valence-electron chi connectivity index (χ1n) is 10.5. The van der Waals surface area contributed by atoms with Gasteiger partial charge in [0.15, 0.2) is 4.34 Å². The maximum absolute atomic E-state index is 12.5. The lowest BCUT2D eigenvalue weighted by Crippen LogP contribution is -2.20. The lowest BCUT2D eigenvalue weighted by Gasteiger charge is -2.08. The number of hydrogen-bond donors (Lipinski definition) is 1. The summed E-state index contributed by atoms with van der Waals surface area (Å²) in [6.07, 6.45) is 0.553. The summed E-state index contributed by atoms with van der Waals surface area (Å²) in [5.74, 6) is 0.499. The number of benzene rings is 3. The zero-order chi connectivity index (χ0) is 23.9. The summed E-state index contributed by atoms with van der Waals surface area (Å²) in [4.78, 5) is 17.2. The number of nitrogens with one attached hydrogen (secondary N) is 1. The predicted molar refractivity (Wildman–Crippen MR) is 133 cm³/mol. The van der Waals surface area contributed by atoms with Gasteiger partial charge in [-0.3, -0.25) is 4.79 Å². The number of halogens is 2. The number of aromatic nitrogens is 1. The fraction of sp³-hybridized carbons (Fsp3) is 0.160. The molecule has 0 aliphatic carbocycles. The van der Waals surface area contributed by atoms with Crippen molar-refractivity contribution in [1.82, 2.24) is 10.4 Å². The lowest BCUT2D eigenvalue weighted by molar-refractivity contribution is -0.0498. The van der Waals surface area contributed by atoms with E-state index in [4.69, 9.17) is 0 Å². The van der Waals surface area contributed by atoms with Crippen LogP contribution < -0.4 is 10.2 Å². The molecule has 0 unspecified atom stereocenters. The Balaban J connectivity index is 1.34. The summed E-state index contributed by atoms with van der Waals surface area (Å²) in [5.41, 5.74) is 6.50. The van der Waals surface area contributed by atoms with Gasteiger partial charge in [0.1, 0.15) is 5.75 Å². The Morgan fingerprint density at radius 3 is 2.44 bits per heavy atom. The molecule has 3 aromatic carbocycles. The van der Waals surface area contributed by atoms with Crippen molar-refractivity contribution < 1.29 is 18.3 Å². The van der Waals surface area contributed by atoms with Crippen LogP contribution in [0.25, 0.3) is 10.2 Å². The average Bonchev–Trinajstić information content (AvgIpc) is 3.27. The van der Waals surface area contributed by atoms with Crippen LogP contribution in [0.4, 0.5) is 8.78 Å². The van der Waals surface area contributed by atoms with E-state index in [0.717, 1.165) is 21.2 Å². The van der Waals surface area contributed by atoms with Crippen molar-refractivity contribution >= 4 is 44.9 Å². The number of para-hydroxylation sites is 1. The highest BCUT2D eigenvalue weighted by Gasteiger charge is 2.09. The van der Waals surface area contributed by atoms with Gasteiger partial charge in [-0.25, -0.2) is 10.4 Å². The number of hydrogen-bond acceptors (Lipinski definition) is 6. The van der Waals surface area contributed by atoms with Crippen LogP contribution in [0, 0.1) is 0 Å². The third kappa shape index (κ3) is 6.18. The number of carbonyl (C=O) groups is 1.